The number of nitrogens with zero attached hydrogens (tertiary/aromatic N) is 1. The summed E-state index contributed by atoms with van der Waals surface area (Å²) in [6.07, 6.45) is 1.58. The highest BCUT2D eigenvalue weighted by molar-refractivity contribution is 6.30. The van der Waals surface area contributed by atoms with Crippen LogP contribution in [0, 0.1) is 19.8 Å². The smallest absolute Gasteiger partial charge is 0.307 e. The van der Waals surface area contributed by atoms with Gasteiger partial charge in [-0.25, -0.2) is 0 Å². The molecule has 2 atom stereocenters. The van der Waals surface area contributed by atoms with Crippen molar-refractivity contribution in [2.24, 2.45) is 5.92 Å². The number of ether oxygens (including phenoxy) is 1. The molecule has 2 aromatic carbocycles. The number of carboxylic acid groups (broad SMARTS) is 1. The Bertz CT molecular complexity index is 816. The van der Waals surface area contributed by atoms with E-state index in [4.69, 9.17) is 16.3 Å². The number of halogens is 1. The van der Waals surface area contributed by atoms with Gasteiger partial charge in [-0.2, -0.15) is 0 Å². The molecule has 27 heavy (non-hydrogen) atoms. The zero-order valence-corrected chi connectivity index (χ0v) is 16.8. The van der Waals surface area contributed by atoms with Gasteiger partial charge >= 0.3 is 5.97 Å². The van der Waals surface area contributed by atoms with Crippen molar-refractivity contribution >= 4 is 17.6 Å². The molecule has 5 heteroatoms. The minimum atomic E-state index is -0.725. The van der Waals surface area contributed by atoms with Crippen molar-refractivity contribution in [1.82, 2.24) is 4.90 Å². The van der Waals surface area contributed by atoms with Crippen LogP contribution < -0.4 is 4.74 Å². The SMILES string of the molecule is COc1ccc(Cl)cc1C(c1cc(C)cc(C)c1)N1CCCC(C(=O)O)C1. The van der Waals surface area contributed by atoms with Crippen LogP contribution >= 0.6 is 11.6 Å². The quantitative estimate of drug-likeness (QED) is 0.796. The number of piperidine rings is 1. The average molecular weight is 388 g/mol. The van der Waals surface area contributed by atoms with Crippen LogP contribution in [0.2, 0.25) is 5.02 Å². The molecule has 4 nitrogen and oxygen atoms in total. The average Bonchev–Trinajstić information content (AvgIpc) is 2.61. The zero-order chi connectivity index (χ0) is 19.6. The molecule has 0 spiro atoms. The van der Waals surface area contributed by atoms with E-state index in [0.717, 1.165) is 36.3 Å². The van der Waals surface area contributed by atoms with Crippen molar-refractivity contribution in [2.75, 3.05) is 20.2 Å². The summed E-state index contributed by atoms with van der Waals surface area (Å²) in [6.45, 7) is 5.53. The third-order valence-electron chi connectivity index (χ3n) is 5.21. The molecule has 1 saturated heterocycles. The van der Waals surface area contributed by atoms with Crippen LogP contribution in [-0.2, 0) is 4.79 Å². The molecule has 3 rings (SSSR count). The van der Waals surface area contributed by atoms with Gasteiger partial charge in [0.15, 0.2) is 0 Å². The molecule has 1 fully saturated rings. The molecule has 0 aliphatic carbocycles. The van der Waals surface area contributed by atoms with E-state index in [9.17, 15) is 9.90 Å². The Morgan fingerprint density at radius 1 is 1.22 bits per heavy atom. The maximum Gasteiger partial charge on any atom is 0.307 e. The summed E-state index contributed by atoms with van der Waals surface area (Å²) in [5.74, 6) is -0.310. The van der Waals surface area contributed by atoms with Crippen LogP contribution in [0.3, 0.4) is 0 Å². The topological polar surface area (TPSA) is 49.8 Å². The molecule has 1 heterocycles. The van der Waals surface area contributed by atoms with Gasteiger partial charge < -0.3 is 9.84 Å². The van der Waals surface area contributed by atoms with E-state index < -0.39 is 5.97 Å². The maximum absolute atomic E-state index is 11.6. The second-order valence-corrected chi connectivity index (χ2v) is 7.82. The molecular formula is C22H26ClNO3. The number of hydrogen-bond acceptors (Lipinski definition) is 3. The van der Waals surface area contributed by atoms with E-state index >= 15 is 0 Å². The number of rotatable bonds is 5. The fourth-order valence-electron chi connectivity index (χ4n) is 4.12. The molecule has 0 aromatic heterocycles. The molecule has 1 aliphatic rings. The zero-order valence-electron chi connectivity index (χ0n) is 16.0. The molecule has 2 aromatic rings. The second-order valence-electron chi connectivity index (χ2n) is 7.38. The number of hydrogen-bond donors (Lipinski definition) is 1. The van der Waals surface area contributed by atoms with Gasteiger partial charge in [0.1, 0.15) is 5.75 Å². The number of methoxy groups -OCH3 is 1. The lowest BCUT2D eigenvalue weighted by molar-refractivity contribution is -0.143. The summed E-state index contributed by atoms with van der Waals surface area (Å²) in [6, 6.07) is 12.0. The molecule has 1 N–H and O–H groups in total. The molecular weight excluding hydrogens is 362 g/mol. The molecule has 144 valence electrons. The molecule has 0 amide bonds. The van der Waals surface area contributed by atoms with Crippen molar-refractivity contribution in [3.05, 3.63) is 63.7 Å². The summed E-state index contributed by atoms with van der Waals surface area (Å²) in [5.41, 5.74) is 4.48. The molecule has 0 saturated carbocycles. The molecule has 0 radical (unpaired) electrons. The van der Waals surface area contributed by atoms with Crippen molar-refractivity contribution in [3.8, 4) is 5.75 Å². The Kier molecular flexibility index (Phi) is 6.08. The Morgan fingerprint density at radius 2 is 1.93 bits per heavy atom. The maximum atomic E-state index is 11.6. The summed E-state index contributed by atoms with van der Waals surface area (Å²) in [5, 5.41) is 10.2. The van der Waals surface area contributed by atoms with Gasteiger partial charge in [-0.05, 0) is 57.0 Å². The predicted octanol–water partition coefficient (Wildman–Crippen LogP) is 4.85. The fourth-order valence-corrected chi connectivity index (χ4v) is 4.30. The number of aliphatic carboxylic acids is 1. The normalized spacial score (nSPS) is 18.9. The number of benzene rings is 2. The van der Waals surface area contributed by atoms with E-state index in [1.807, 2.05) is 18.2 Å². The van der Waals surface area contributed by atoms with Gasteiger partial charge in [0.05, 0.1) is 19.1 Å². The first-order chi connectivity index (χ1) is 12.9. The molecule has 0 bridgehead atoms. The largest absolute Gasteiger partial charge is 0.496 e. The van der Waals surface area contributed by atoms with Crippen LogP contribution in [0.1, 0.15) is 41.1 Å². The minimum absolute atomic E-state index is 0.0978. The Hall–Kier alpha value is -2.04. The first kappa shape index (κ1) is 19.7. The van der Waals surface area contributed by atoms with Crippen LogP contribution in [-0.4, -0.2) is 36.2 Å². The lowest BCUT2D eigenvalue weighted by Crippen LogP contribution is -2.41. The third kappa shape index (κ3) is 4.45. The Balaban J connectivity index is 2.12. The van der Waals surface area contributed by atoms with Crippen LogP contribution in [0.15, 0.2) is 36.4 Å². The standard InChI is InChI=1S/C22H26ClNO3/c1-14-9-15(2)11-17(10-14)21(19-12-18(23)6-7-20(19)27-3)24-8-4-5-16(13-24)22(25)26/h6-7,9-12,16,21H,4-5,8,13H2,1-3H3,(H,25,26). The van der Waals surface area contributed by atoms with E-state index in [-0.39, 0.29) is 12.0 Å². The van der Waals surface area contributed by atoms with Gasteiger partial charge in [-0.3, -0.25) is 9.69 Å². The van der Waals surface area contributed by atoms with Gasteiger partial charge in [0.25, 0.3) is 0 Å². The molecule has 1 aliphatic heterocycles. The van der Waals surface area contributed by atoms with Crippen molar-refractivity contribution in [2.45, 2.75) is 32.7 Å². The lowest BCUT2D eigenvalue weighted by Gasteiger charge is -2.38. The van der Waals surface area contributed by atoms with Crippen molar-refractivity contribution in [1.29, 1.82) is 0 Å². The number of carbonyl (C=O) groups is 1. The summed E-state index contributed by atoms with van der Waals surface area (Å²) in [7, 11) is 1.65. The number of likely N-dealkylation sites (tertiary alicyclic amines) is 1. The second kappa shape index (κ2) is 8.32. The third-order valence-corrected chi connectivity index (χ3v) is 5.45. The van der Waals surface area contributed by atoms with Crippen molar-refractivity contribution in [3.63, 3.8) is 0 Å². The highest BCUT2D eigenvalue weighted by atomic mass is 35.5. The number of aryl methyl sites for hydroxylation is 2. The Morgan fingerprint density at radius 3 is 2.56 bits per heavy atom. The fraction of sp³-hybridized carbons (Fsp3) is 0.409. The van der Waals surface area contributed by atoms with Crippen LogP contribution in [0.25, 0.3) is 0 Å². The molecule has 2 unspecified atom stereocenters. The monoisotopic (exact) mass is 387 g/mol. The van der Waals surface area contributed by atoms with Gasteiger partial charge in [-0.1, -0.05) is 40.9 Å². The van der Waals surface area contributed by atoms with E-state index in [2.05, 4.69) is 36.9 Å². The van der Waals surface area contributed by atoms with Gasteiger partial charge in [0, 0.05) is 17.1 Å². The number of carboxylic acids is 1. The van der Waals surface area contributed by atoms with Crippen LogP contribution in [0.5, 0.6) is 5.75 Å². The van der Waals surface area contributed by atoms with Gasteiger partial charge in [0.2, 0.25) is 0 Å². The summed E-state index contributed by atoms with van der Waals surface area (Å²) < 4.78 is 5.63. The lowest BCUT2D eigenvalue weighted by atomic mass is 9.89. The van der Waals surface area contributed by atoms with E-state index in [1.54, 1.807) is 7.11 Å². The first-order valence-electron chi connectivity index (χ1n) is 9.27. The summed E-state index contributed by atoms with van der Waals surface area (Å²) in [4.78, 5) is 13.9. The van der Waals surface area contributed by atoms with E-state index in [0.29, 0.717) is 11.6 Å². The Labute approximate surface area is 165 Å². The minimum Gasteiger partial charge on any atom is -0.496 e. The highest BCUT2D eigenvalue weighted by Gasteiger charge is 2.32. The predicted molar refractivity (Wildman–Crippen MR) is 108 cm³/mol. The highest BCUT2D eigenvalue weighted by Crippen LogP contribution is 2.39. The first-order valence-corrected chi connectivity index (χ1v) is 9.65. The van der Waals surface area contributed by atoms with Crippen LogP contribution in [0.4, 0.5) is 0 Å². The van der Waals surface area contributed by atoms with Crippen molar-refractivity contribution < 1.29 is 14.6 Å². The van der Waals surface area contributed by atoms with E-state index in [1.165, 1.54) is 11.1 Å². The van der Waals surface area contributed by atoms with Gasteiger partial charge in [-0.15, -0.1) is 0 Å². The summed E-state index contributed by atoms with van der Waals surface area (Å²) >= 11 is 6.32.